The van der Waals surface area contributed by atoms with E-state index in [2.05, 4.69) is 6.58 Å². The summed E-state index contributed by atoms with van der Waals surface area (Å²) in [7, 11) is 0. The summed E-state index contributed by atoms with van der Waals surface area (Å²) in [6.45, 7) is 11.8. The van der Waals surface area contributed by atoms with Crippen LogP contribution in [0.2, 0.25) is 0 Å². The van der Waals surface area contributed by atoms with Gasteiger partial charge in [-0.3, -0.25) is 0 Å². The van der Waals surface area contributed by atoms with Gasteiger partial charge in [-0.05, 0) is 45.4 Å². The van der Waals surface area contributed by atoms with Gasteiger partial charge in [0.05, 0.1) is 6.10 Å². The fourth-order valence-electron chi connectivity index (χ4n) is 1.42. The van der Waals surface area contributed by atoms with Crippen molar-refractivity contribution in [2.75, 3.05) is 0 Å². The second kappa shape index (κ2) is 5.71. The molecular weight excluding hydrogens is 200 g/mol. The van der Waals surface area contributed by atoms with Gasteiger partial charge in [0, 0.05) is 0 Å². The monoisotopic (exact) mass is 220 g/mol. The third-order valence-corrected chi connectivity index (χ3v) is 2.11. The summed E-state index contributed by atoms with van der Waals surface area (Å²) >= 11 is 0. The molecule has 16 heavy (non-hydrogen) atoms. The summed E-state index contributed by atoms with van der Waals surface area (Å²) in [6.07, 6.45) is -0.0552. The van der Waals surface area contributed by atoms with E-state index in [9.17, 15) is 0 Å². The average molecular weight is 220 g/mol. The smallest absolute Gasteiger partial charge is 0.197 e. The fraction of sp³-hybridized carbons (Fsp3) is 0.429. The van der Waals surface area contributed by atoms with Crippen LogP contribution in [0.15, 0.2) is 30.8 Å². The van der Waals surface area contributed by atoms with Crippen LogP contribution in [0.5, 0.6) is 5.75 Å². The van der Waals surface area contributed by atoms with Crippen LogP contribution in [-0.2, 0) is 4.74 Å². The molecule has 0 fully saturated rings. The van der Waals surface area contributed by atoms with Crippen LogP contribution >= 0.6 is 0 Å². The van der Waals surface area contributed by atoms with E-state index in [1.165, 1.54) is 0 Å². The second-order valence-corrected chi connectivity index (χ2v) is 4.18. The Labute approximate surface area is 97.9 Å². The average Bonchev–Trinajstić information content (AvgIpc) is 2.16. The van der Waals surface area contributed by atoms with Gasteiger partial charge in [-0.25, -0.2) is 0 Å². The first kappa shape index (κ1) is 12.8. The van der Waals surface area contributed by atoms with Gasteiger partial charge >= 0.3 is 0 Å². The lowest BCUT2D eigenvalue weighted by Gasteiger charge is -2.17. The fourth-order valence-corrected chi connectivity index (χ4v) is 1.42. The zero-order chi connectivity index (χ0) is 12.1. The molecule has 1 atom stereocenters. The zero-order valence-electron chi connectivity index (χ0n) is 10.5. The standard InChI is InChI=1S/C14H20O2/c1-10(2)13-6-8-14(9-7-13)16-12(5)15-11(3)4/h6-9,11-12H,1H2,2-5H3. The molecule has 1 aromatic carbocycles. The van der Waals surface area contributed by atoms with E-state index in [0.29, 0.717) is 0 Å². The lowest BCUT2D eigenvalue weighted by Crippen LogP contribution is -2.20. The second-order valence-electron chi connectivity index (χ2n) is 4.18. The van der Waals surface area contributed by atoms with E-state index in [1.54, 1.807) is 0 Å². The van der Waals surface area contributed by atoms with E-state index >= 15 is 0 Å². The molecule has 1 rings (SSSR count). The summed E-state index contributed by atoms with van der Waals surface area (Å²) < 4.78 is 11.1. The molecule has 0 saturated heterocycles. The van der Waals surface area contributed by atoms with Crippen LogP contribution < -0.4 is 4.74 Å². The van der Waals surface area contributed by atoms with Gasteiger partial charge in [-0.2, -0.15) is 0 Å². The van der Waals surface area contributed by atoms with E-state index in [0.717, 1.165) is 16.9 Å². The Morgan fingerprint density at radius 1 is 1.12 bits per heavy atom. The van der Waals surface area contributed by atoms with Crippen molar-refractivity contribution >= 4 is 5.57 Å². The largest absolute Gasteiger partial charge is 0.465 e. The van der Waals surface area contributed by atoms with Crippen LogP contribution in [0.25, 0.3) is 5.57 Å². The Bertz CT molecular complexity index is 338. The molecule has 0 radical (unpaired) electrons. The molecule has 0 heterocycles. The van der Waals surface area contributed by atoms with Crippen molar-refractivity contribution in [2.24, 2.45) is 0 Å². The minimum Gasteiger partial charge on any atom is -0.465 e. The van der Waals surface area contributed by atoms with Crippen LogP contribution in [0.3, 0.4) is 0 Å². The normalized spacial score (nSPS) is 12.6. The van der Waals surface area contributed by atoms with Crippen molar-refractivity contribution in [2.45, 2.75) is 40.1 Å². The highest BCUT2D eigenvalue weighted by Crippen LogP contribution is 2.18. The molecule has 1 aromatic rings. The molecule has 2 heteroatoms. The van der Waals surface area contributed by atoms with Crippen molar-refractivity contribution in [1.82, 2.24) is 0 Å². The predicted molar refractivity (Wildman–Crippen MR) is 67.5 cm³/mol. The maximum atomic E-state index is 5.61. The van der Waals surface area contributed by atoms with Gasteiger partial charge in [0.1, 0.15) is 5.75 Å². The number of hydrogen-bond acceptors (Lipinski definition) is 2. The van der Waals surface area contributed by atoms with Gasteiger partial charge in [-0.15, -0.1) is 0 Å². The van der Waals surface area contributed by atoms with Gasteiger partial charge < -0.3 is 9.47 Å². The van der Waals surface area contributed by atoms with E-state index < -0.39 is 0 Å². The molecule has 0 spiro atoms. The highest BCUT2D eigenvalue weighted by Gasteiger charge is 2.06. The Morgan fingerprint density at radius 2 is 1.69 bits per heavy atom. The Balaban J connectivity index is 2.58. The van der Waals surface area contributed by atoms with E-state index in [-0.39, 0.29) is 12.4 Å². The molecule has 0 N–H and O–H groups in total. The summed E-state index contributed by atoms with van der Waals surface area (Å²) in [4.78, 5) is 0. The van der Waals surface area contributed by atoms with Gasteiger partial charge in [0.2, 0.25) is 0 Å². The highest BCUT2D eigenvalue weighted by molar-refractivity contribution is 5.61. The summed E-state index contributed by atoms with van der Waals surface area (Å²) in [6, 6.07) is 7.87. The van der Waals surface area contributed by atoms with Crippen molar-refractivity contribution in [3.8, 4) is 5.75 Å². The molecule has 0 bridgehead atoms. The molecule has 0 aliphatic carbocycles. The molecule has 2 nitrogen and oxygen atoms in total. The first-order chi connectivity index (χ1) is 7.49. The molecule has 88 valence electrons. The minimum absolute atomic E-state index is 0.171. The van der Waals surface area contributed by atoms with E-state index in [4.69, 9.17) is 9.47 Å². The van der Waals surface area contributed by atoms with E-state index in [1.807, 2.05) is 52.0 Å². The Kier molecular flexibility index (Phi) is 4.56. The first-order valence-electron chi connectivity index (χ1n) is 5.57. The quantitative estimate of drug-likeness (QED) is 0.701. The molecule has 0 aromatic heterocycles. The number of hydrogen-bond donors (Lipinski definition) is 0. The number of benzene rings is 1. The summed E-state index contributed by atoms with van der Waals surface area (Å²) in [5, 5.41) is 0. The lowest BCUT2D eigenvalue weighted by atomic mass is 10.1. The molecule has 0 amide bonds. The Hall–Kier alpha value is -1.28. The number of rotatable bonds is 5. The predicted octanol–water partition coefficient (Wildman–Crippen LogP) is 3.87. The highest BCUT2D eigenvalue weighted by atomic mass is 16.7. The van der Waals surface area contributed by atoms with Gasteiger partial charge in [0.25, 0.3) is 0 Å². The maximum absolute atomic E-state index is 5.61. The van der Waals surface area contributed by atoms with Crippen LogP contribution in [0.4, 0.5) is 0 Å². The number of ether oxygens (including phenoxy) is 2. The minimum atomic E-state index is -0.226. The topological polar surface area (TPSA) is 18.5 Å². The van der Waals surface area contributed by atoms with Gasteiger partial charge in [0.15, 0.2) is 6.29 Å². The SMILES string of the molecule is C=C(C)c1ccc(OC(C)OC(C)C)cc1. The number of allylic oxidation sites excluding steroid dienone is 1. The molecular formula is C14H20O2. The first-order valence-corrected chi connectivity index (χ1v) is 5.57. The van der Waals surface area contributed by atoms with Crippen molar-refractivity contribution in [1.29, 1.82) is 0 Å². The molecule has 0 aliphatic rings. The Morgan fingerprint density at radius 3 is 2.12 bits per heavy atom. The third kappa shape index (κ3) is 4.07. The maximum Gasteiger partial charge on any atom is 0.197 e. The van der Waals surface area contributed by atoms with Gasteiger partial charge in [-0.1, -0.05) is 24.3 Å². The molecule has 1 unspecified atom stereocenters. The van der Waals surface area contributed by atoms with Crippen molar-refractivity contribution < 1.29 is 9.47 Å². The lowest BCUT2D eigenvalue weighted by molar-refractivity contribution is -0.0950. The van der Waals surface area contributed by atoms with Crippen LogP contribution in [-0.4, -0.2) is 12.4 Å². The van der Waals surface area contributed by atoms with Crippen LogP contribution in [0.1, 0.15) is 33.3 Å². The molecule has 0 aliphatic heterocycles. The molecule has 0 saturated carbocycles. The summed E-state index contributed by atoms with van der Waals surface area (Å²) in [5.41, 5.74) is 2.18. The van der Waals surface area contributed by atoms with Crippen molar-refractivity contribution in [3.05, 3.63) is 36.4 Å². The van der Waals surface area contributed by atoms with Crippen LogP contribution in [0, 0.1) is 0 Å². The third-order valence-electron chi connectivity index (χ3n) is 2.11. The summed E-state index contributed by atoms with van der Waals surface area (Å²) in [5.74, 6) is 0.818. The zero-order valence-corrected chi connectivity index (χ0v) is 10.5. The van der Waals surface area contributed by atoms with Crippen molar-refractivity contribution in [3.63, 3.8) is 0 Å².